The number of fused-ring (bicyclic) bond motifs is 1. The third kappa shape index (κ3) is 2.91. The molecule has 1 fully saturated rings. The van der Waals surface area contributed by atoms with E-state index in [1.165, 1.54) is 6.42 Å². The van der Waals surface area contributed by atoms with Crippen LogP contribution in [0.4, 0.5) is 0 Å². The zero-order chi connectivity index (χ0) is 19.0. The number of pyridine rings is 1. The highest BCUT2D eigenvalue weighted by molar-refractivity contribution is 5.83. The average molecular weight is 371 g/mol. The van der Waals surface area contributed by atoms with Crippen LogP contribution in [0.25, 0.3) is 22.2 Å². The van der Waals surface area contributed by atoms with Crippen molar-refractivity contribution in [3.8, 4) is 17.0 Å². The van der Waals surface area contributed by atoms with Gasteiger partial charge in [-0.05, 0) is 43.2 Å². The number of rotatable bonds is 5. The summed E-state index contributed by atoms with van der Waals surface area (Å²) in [6, 6.07) is 14.2. The van der Waals surface area contributed by atoms with Crippen LogP contribution < -0.4 is 4.74 Å². The van der Waals surface area contributed by atoms with E-state index < -0.39 is 0 Å². The number of hydrogen-bond donors (Lipinski definition) is 1. The lowest BCUT2D eigenvalue weighted by Gasteiger charge is -2.41. The summed E-state index contributed by atoms with van der Waals surface area (Å²) >= 11 is 0. The molecule has 28 heavy (non-hydrogen) atoms. The van der Waals surface area contributed by atoms with Crippen LogP contribution >= 0.6 is 0 Å². The quantitative estimate of drug-likeness (QED) is 0.572. The molecule has 0 aliphatic heterocycles. The number of ether oxygens (including phenoxy) is 1. The lowest BCUT2D eigenvalue weighted by atomic mass is 9.64. The molecule has 0 spiro atoms. The lowest BCUT2D eigenvalue weighted by Crippen LogP contribution is -2.37. The maximum absolute atomic E-state index is 5.38. The third-order valence-corrected chi connectivity index (χ3v) is 5.80. The molecule has 0 radical (unpaired) electrons. The van der Waals surface area contributed by atoms with E-state index in [-0.39, 0.29) is 5.41 Å². The molecule has 140 valence electrons. The molecule has 1 aliphatic rings. The molecule has 1 aromatic carbocycles. The molecule has 6 heteroatoms. The maximum Gasteiger partial charge on any atom is 0.122 e. The van der Waals surface area contributed by atoms with Gasteiger partial charge in [0.15, 0.2) is 0 Å². The van der Waals surface area contributed by atoms with Crippen LogP contribution in [-0.4, -0.2) is 32.5 Å². The number of H-pyrrole nitrogens is 1. The molecule has 1 N–H and O–H groups in total. The molecule has 0 amide bonds. The lowest BCUT2D eigenvalue weighted by molar-refractivity contribution is 0.231. The first-order valence-corrected chi connectivity index (χ1v) is 9.52. The van der Waals surface area contributed by atoms with Crippen LogP contribution in [-0.2, 0) is 11.8 Å². The van der Waals surface area contributed by atoms with Gasteiger partial charge in [0.1, 0.15) is 5.75 Å². The number of aromatic nitrogens is 5. The maximum atomic E-state index is 5.38. The zero-order valence-electron chi connectivity index (χ0n) is 15.7. The highest BCUT2D eigenvalue weighted by Crippen LogP contribution is 2.45. The number of nitrogens with zero attached hydrogens (tertiary/aromatic N) is 4. The van der Waals surface area contributed by atoms with Gasteiger partial charge in [-0.3, -0.25) is 10.1 Å². The smallest absolute Gasteiger partial charge is 0.122 e. The van der Waals surface area contributed by atoms with Crippen LogP contribution in [0.3, 0.4) is 0 Å². The molecule has 1 saturated carbocycles. The molecular formula is C22H21N5O. The fourth-order valence-corrected chi connectivity index (χ4v) is 4.01. The predicted octanol–water partition coefficient (Wildman–Crippen LogP) is 4.09. The van der Waals surface area contributed by atoms with Gasteiger partial charge in [-0.1, -0.05) is 12.5 Å². The summed E-state index contributed by atoms with van der Waals surface area (Å²) in [6.07, 6.45) is 7.95. The summed E-state index contributed by atoms with van der Waals surface area (Å²) in [7, 11) is 1.69. The van der Waals surface area contributed by atoms with Gasteiger partial charge < -0.3 is 4.74 Å². The Morgan fingerprint density at radius 2 is 2.00 bits per heavy atom. The van der Waals surface area contributed by atoms with Crippen LogP contribution in [0.15, 0.2) is 54.9 Å². The Morgan fingerprint density at radius 3 is 2.75 bits per heavy atom. The van der Waals surface area contributed by atoms with Crippen molar-refractivity contribution in [2.75, 3.05) is 7.11 Å². The van der Waals surface area contributed by atoms with Crippen molar-refractivity contribution in [3.63, 3.8) is 0 Å². The highest BCUT2D eigenvalue weighted by atomic mass is 16.5. The van der Waals surface area contributed by atoms with Gasteiger partial charge in [-0.2, -0.15) is 15.3 Å². The molecule has 3 aromatic heterocycles. The van der Waals surface area contributed by atoms with Crippen LogP contribution in [0, 0.1) is 0 Å². The Morgan fingerprint density at radius 1 is 1.07 bits per heavy atom. The number of aromatic amines is 1. The molecule has 4 aromatic rings. The van der Waals surface area contributed by atoms with Crippen molar-refractivity contribution >= 4 is 10.9 Å². The number of hydrogen-bond acceptors (Lipinski definition) is 5. The molecular weight excluding hydrogens is 350 g/mol. The summed E-state index contributed by atoms with van der Waals surface area (Å²) in [4.78, 5) is 4.63. The minimum absolute atomic E-state index is 0.0421. The fraction of sp³-hybridized carbons (Fsp3) is 0.273. The fourth-order valence-electron chi connectivity index (χ4n) is 4.01. The summed E-state index contributed by atoms with van der Waals surface area (Å²) in [6.45, 7) is 0. The second-order valence-corrected chi connectivity index (χ2v) is 7.47. The van der Waals surface area contributed by atoms with Crippen molar-refractivity contribution < 1.29 is 4.74 Å². The van der Waals surface area contributed by atoms with Crippen molar-refractivity contribution in [3.05, 3.63) is 66.2 Å². The molecule has 6 nitrogen and oxygen atoms in total. The molecule has 0 bridgehead atoms. The monoisotopic (exact) mass is 371 g/mol. The van der Waals surface area contributed by atoms with E-state index in [1.807, 2.05) is 30.6 Å². The van der Waals surface area contributed by atoms with E-state index in [9.17, 15) is 0 Å². The second kappa shape index (κ2) is 6.71. The third-order valence-electron chi connectivity index (χ3n) is 5.80. The Bertz CT molecular complexity index is 1120. The largest absolute Gasteiger partial charge is 0.497 e. The Hall–Kier alpha value is -3.28. The first-order chi connectivity index (χ1) is 13.8. The molecule has 5 rings (SSSR count). The predicted molar refractivity (Wildman–Crippen MR) is 107 cm³/mol. The van der Waals surface area contributed by atoms with E-state index in [2.05, 4.69) is 49.6 Å². The minimum Gasteiger partial charge on any atom is -0.497 e. The summed E-state index contributed by atoms with van der Waals surface area (Å²) in [5.74, 6) is 0.854. The van der Waals surface area contributed by atoms with Crippen LogP contribution in [0.5, 0.6) is 5.75 Å². The van der Waals surface area contributed by atoms with E-state index in [0.717, 1.165) is 58.6 Å². The van der Waals surface area contributed by atoms with Crippen molar-refractivity contribution in [2.45, 2.75) is 31.1 Å². The minimum atomic E-state index is 0.0421. The molecule has 0 unspecified atom stereocenters. The standard InChI is InChI=1S/C22H21N5O/c1-28-18-7-10-23-21(12-18)22(8-2-9-22)13-17-4-6-19(27-25-17)15-3-5-20-16(11-15)14-24-26-20/h3-7,10-12,14H,2,8-9,13H2,1H3,(H,24,26). The van der Waals surface area contributed by atoms with Gasteiger partial charge in [0, 0.05) is 35.0 Å². The zero-order valence-corrected chi connectivity index (χ0v) is 15.7. The Kier molecular flexibility index (Phi) is 4.04. The van der Waals surface area contributed by atoms with Gasteiger partial charge in [-0.25, -0.2) is 0 Å². The number of nitrogens with one attached hydrogen (secondary N) is 1. The summed E-state index contributed by atoms with van der Waals surface area (Å²) in [5, 5.41) is 17.1. The normalized spacial score (nSPS) is 15.3. The van der Waals surface area contributed by atoms with Crippen LogP contribution in [0.2, 0.25) is 0 Å². The Balaban J connectivity index is 1.40. The molecule has 1 aliphatic carbocycles. The SMILES string of the molecule is COc1ccnc(C2(Cc3ccc(-c4ccc5[nH]ncc5c4)nn3)CCC2)c1. The Labute approximate surface area is 163 Å². The highest BCUT2D eigenvalue weighted by Gasteiger charge is 2.40. The molecule has 0 saturated heterocycles. The van der Waals surface area contributed by atoms with E-state index in [4.69, 9.17) is 4.74 Å². The second-order valence-electron chi connectivity index (χ2n) is 7.47. The molecule has 3 heterocycles. The van der Waals surface area contributed by atoms with E-state index in [0.29, 0.717) is 0 Å². The number of methoxy groups -OCH3 is 1. The van der Waals surface area contributed by atoms with Gasteiger partial charge >= 0.3 is 0 Å². The van der Waals surface area contributed by atoms with Crippen molar-refractivity contribution in [1.29, 1.82) is 0 Å². The van der Waals surface area contributed by atoms with Gasteiger partial charge in [0.2, 0.25) is 0 Å². The summed E-state index contributed by atoms with van der Waals surface area (Å²) in [5.41, 5.74) is 5.06. The van der Waals surface area contributed by atoms with E-state index in [1.54, 1.807) is 7.11 Å². The van der Waals surface area contributed by atoms with Gasteiger partial charge in [0.05, 0.1) is 35.9 Å². The van der Waals surface area contributed by atoms with Gasteiger partial charge in [0.25, 0.3) is 0 Å². The van der Waals surface area contributed by atoms with Crippen molar-refractivity contribution in [2.24, 2.45) is 0 Å². The molecule has 0 atom stereocenters. The van der Waals surface area contributed by atoms with Crippen molar-refractivity contribution in [1.82, 2.24) is 25.4 Å². The van der Waals surface area contributed by atoms with E-state index >= 15 is 0 Å². The first kappa shape index (κ1) is 16.9. The average Bonchev–Trinajstić information content (AvgIpc) is 3.19. The van der Waals surface area contributed by atoms with Crippen LogP contribution in [0.1, 0.15) is 30.7 Å². The first-order valence-electron chi connectivity index (χ1n) is 9.52. The number of benzene rings is 1. The topological polar surface area (TPSA) is 76.6 Å². The summed E-state index contributed by atoms with van der Waals surface area (Å²) < 4.78 is 5.38. The van der Waals surface area contributed by atoms with Gasteiger partial charge in [-0.15, -0.1) is 0 Å².